The fourth-order valence-corrected chi connectivity index (χ4v) is 4.75. The van der Waals surface area contributed by atoms with Gasteiger partial charge in [-0.2, -0.15) is 0 Å². The summed E-state index contributed by atoms with van der Waals surface area (Å²) in [7, 11) is -2.92. The van der Waals surface area contributed by atoms with Gasteiger partial charge >= 0.3 is 0 Å². The number of aryl methyl sites for hydroxylation is 2. The van der Waals surface area contributed by atoms with E-state index in [9.17, 15) is 8.42 Å². The zero-order valence-electron chi connectivity index (χ0n) is 12.2. The van der Waals surface area contributed by atoms with Crippen LogP contribution in [0.5, 0.6) is 0 Å². The molecule has 0 spiro atoms. The van der Waals surface area contributed by atoms with Gasteiger partial charge in [-0.15, -0.1) is 11.3 Å². The minimum Gasteiger partial charge on any atom is -0.367 e. The minimum absolute atomic E-state index is 0.0646. The van der Waals surface area contributed by atoms with Gasteiger partial charge in [0.05, 0.1) is 11.1 Å². The molecule has 21 heavy (non-hydrogen) atoms. The highest BCUT2D eigenvalue weighted by atomic mass is 32.2. The first kappa shape index (κ1) is 14.7. The Kier molecular flexibility index (Phi) is 3.88. The lowest BCUT2D eigenvalue weighted by Gasteiger charge is -2.15. The van der Waals surface area contributed by atoms with Crippen LogP contribution >= 0.6 is 11.3 Å². The summed E-state index contributed by atoms with van der Waals surface area (Å²) in [6, 6.07) is 0.0646. The molecule has 0 fully saturated rings. The second-order valence-electron chi connectivity index (χ2n) is 5.72. The Hall–Kier alpha value is -1.21. The number of rotatable bonds is 5. The summed E-state index contributed by atoms with van der Waals surface area (Å²) in [4.78, 5) is 11.2. The first-order valence-corrected chi connectivity index (χ1v) is 10.0. The van der Waals surface area contributed by atoms with E-state index in [1.807, 2.05) is 6.92 Å². The predicted molar refractivity (Wildman–Crippen MR) is 86.9 cm³/mol. The van der Waals surface area contributed by atoms with Gasteiger partial charge in [0.1, 0.15) is 26.8 Å². The number of nitrogens with zero attached hydrogens (tertiary/aromatic N) is 2. The third-order valence-corrected chi connectivity index (χ3v) is 5.98. The number of hydrogen-bond acceptors (Lipinski definition) is 6. The normalized spacial score (nSPS) is 16.1. The molecule has 1 aliphatic carbocycles. The molecule has 0 aromatic carbocycles. The zero-order chi connectivity index (χ0) is 15.0. The van der Waals surface area contributed by atoms with Crippen LogP contribution in [-0.4, -0.2) is 36.4 Å². The molecule has 3 rings (SSSR count). The molecule has 1 aliphatic rings. The molecule has 2 heterocycles. The van der Waals surface area contributed by atoms with E-state index in [1.165, 1.54) is 23.1 Å². The van der Waals surface area contributed by atoms with Gasteiger partial charge in [-0.1, -0.05) is 0 Å². The maximum Gasteiger partial charge on any atom is 0.147 e. The van der Waals surface area contributed by atoms with E-state index in [-0.39, 0.29) is 11.8 Å². The van der Waals surface area contributed by atoms with Crippen LogP contribution in [0.2, 0.25) is 0 Å². The van der Waals surface area contributed by atoms with E-state index >= 15 is 0 Å². The predicted octanol–water partition coefficient (Wildman–Crippen LogP) is 2.42. The van der Waals surface area contributed by atoms with Crippen LogP contribution in [0.3, 0.4) is 0 Å². The van der Waals surface area contributed by atoms with Gasteiger partial charge in [0.25, 0.3) is 0 Å². The number of nitrogens with one attached hydrogen (secondary N) is 1. The molecule has 0 aliphatic heterocycles. The number of fused-ring (bicyclic) bond motifs is 3. The Morgan fingerprint density at radius 2 is 2.19 bits per heavy atom. The van der Waals surface area contributed by atoms with Gasteiger partial charge in [-0.3, -0.25) is 0 Å². The van der Waals surface area contributed by atoms with Gasteiger partial charge in [0.15, 0.2) is 0 Å². The van der Waals surface area contributed by atoms with Crippen LogP contribution in [0.15, 0.2) is 6.33 Å². The van der Waals surface area contributed by atoms with Crippen LogP contribution in [0, 0.1) is 0 Å². The molecule has 1 N–H and O–H groups in total. The van der Waals surface area contributed by atoms with Crippen LogP contribution in [0.4, 0.5) is 5.82 Å². The van der Waals surface area contributed by atoms with E-state index < -0.39 is 9.84 Å². The monoisotopic (exact) mass is 325 g/mol. The molecule has 1 unspecified atom stereocenters. The van der Waals surface area contributed by atoms with Gasteiger partial charge in [0, 0.05) is 17.2 Å². The fraction of sp³-hybridized carbons (Fsp3) is 0.571. The molecule has 0 radical (unpaired) electrons. The number of hydrogen-bond donors (Lipinski definition) is 1. The molecule has 2 aromatic heterocycles. The summed E-state index contributed by atoms with van der Waals surface area (Å²) >= 11 is 1.76. The summed E-state index contributed by atoms with van der Waals surface area (Å²) in [5.74, 6) is 1.04. The molecule has 2 aromatic rings. The summed E-state index contributed by atoms with van der Waals surface area (Å²) in [6.45, 7) is 1.99. The summed E-state index contributed by atoms with van der Waals surface area (Å²) in [6.07, 6.45) is 6.87. The van der Waals surface area contributed by atoms with Crippen molar-refractivity contribution in [1.82, 2.24) is 9.97 Å². The van der Waals surface area contributed by atoms with E-state index in [0.29, 0.717) is 6.42 Å². The van der Waals surface area contributed by atoms with Gasteiger partial charge < -0.3 is 5.32 Å². The number of thiophene rings is 1. The number of anilines is 1. The maximum absolute atomic E-state index is 11.3. The molecule has 5 nitrogen and oxygen atoms in total. The molecule has 0 saturated carbocycles. The van der Waals surface area contributed by atoms with Crippen LogP contribution in [0.25, 0.3) is 10.2 Å². The lowest BCUT2D eigenvalue weighted by Crippen LogP contribution is -2.20. The molecule has 1 atom stereocenters. The van der Waals surface area contributed by atoms with Crippen molar-refractivity contribution in [2.75, 3.05) is 17.3 Å². The molecule has 0 bridgehead atoms. The molecular formula is C14H19N3O2S2. The van der Waals surface area contributed by atoms with Crippen molar-refractivity contribution < 1.29 is 8.42 Å². The van der Waals surface area contributed by atoms with Crippen molar-refractivity contribution in [3.63, 3.8) is 0 Å². The van der Waals surface area contributed by atoms with Crippen molar-refractivity contribution in [2.45, 2.75) is 38.6 Å². The Bertz CT molecular complexity index is 768. The highest BCUT2D eigenvalue weighted by Crippen LogP contribution is 2.39. The summed E-state index contributed by atoms with van der Waals surface area (Å²) in [5, 5.41) is 4.50. The average molecular weight is 325 g/mol. The van der Waals surface area contributed by atoms with Crippen molar-refractivity contribution in [1.29, 1.82) is 0 Å². The van der Waals surface area contributed by atoms with Gasteiger partial charge in [-0.05, 0) is 38.2 Å². The first-order valence-electron chi connectivity index (χ1n) is 7.13. The summed E-state index contributed by atoms with van der Waals surface area (Å²) in [5.41, 5.74) is 1.38. The van der Waals surface area contributed by atoms with Crippen molar-refractivity contribution >= 4 is 37.2 Å². The second-order valence-corrected chi connectivity index (χ2v) is 9.07. The smallest absolute Gasteiger partial charge is 0.147 e. The SMILES string of the molecule is CC(CCS(C)(=O)=O)Nc1ncnc2sc3c(c12)CCC3. The average Bonchev–Trinajstić information content (AvgIpc) is 2.95. The van der Waals surface area contributed by atoms with Crippen molar-refractivity contribution in [2.24, 2.45) is 0 Å². The molecule has 0 amide bonds. The zero-order valence-corrected chi connectivity index (χ0v) is 13.9. The van der Waals surface area contributed by atoms with Gasteiger partial charge in [-0.25, -0.2) is 18.4 Å². The Morgan fingerprint density at radius 1 is 1.38 bits per heavy atom. The molecular weight excluding hydrogens is 306 g/mol. The van der Waals surface area contributed by atoms with Crippen molar-refractivity contribution in [3.05, 3.63) is 16.8 Å². The van der Waals surface area contributed by atoms with Crippen LogP contribution in [-0.2, 0) is 22.7 Å². The minimum atomic E-state index is -2.92. The highest BCUT2D eigenvalue weighted by Gasteiger charge is 2.21. The standard InChI is InChI=1S/C14H19N3O2S2/c1-9(6-7-21(2,18)19)17-13-12-10-4-3-5-11(10)20-14(12)16-8-15-13/h8-9H,3-7H2,1-2H3,(H,15,16,17). The number of sulfone groups is 1. The molecule has 0 saturated heterocycles. The number of aromatic nitrogens is 2. The Labute approximate surface area is 128 Å². The topological polar surface area (TPSA) is 72.0 Å². The second kappa shape index (κ2) is 5.53. The van der Waals surface area contributed by atoms with E-state index in [0.717, 1.165) is 28.9 Å². The quantitative estimate of drug-likeness (QED) is 0.914. The van der Waals surface area contributed by atoms with Crippen LogP contribution in [0.1, 0.15) is 30.2 Å². The highest BCUT2D eigenvalue weighted by molar-refractivity contribution is 7.90. The van der Waals surface area contributed by atoms with E-state index in [2.05, 4.69) is 15.3 Å². The third-order valence-electron chi connectivity index (χ3n) is 3.81. The Morgan fingerprint density at radius 3 is 2.95 bits per heavy atom. The Balaban J connectivity index is 1.84. The van der Waals surface area contributed by atoms with Gasteiger partial charge in [0.2, 0.25) is 0 Å². The molecule has 7 heteroatoms. The fourth-order valence-electron chi connectivity index (χ4n) is 2.73. The lowest BCUT2D eigenvalue weighted by molar-refractivity contribution is 0.595. The lowest BCUT2D eigenvalue weighted by atomic mass is 10.1. The summed E-state index contributed by atoms with van der Waals surface area (Å²) < 4.78 is 22.5. The largest absolute Gasteiger partial charge is 0.367 e. The van der Waals surface area contributed by atoms with Crippen molar-refractivity contribution in [3.8, 4) is 0 Å². The molecule has 114 valence electrons. The van der Waals surface area contributed by atoms with Crippen LogP contribution < -0.4 is 5.32 Å². The van der Waals surface area contributed by atoms with E-state index in [1.54, 1.807) is 17.7 Å². The third kappa shape index (κ3) is 3.18. The maximum atomic E-state index is 11.3. The first-order chi connectivity index (χ1) is 9.94. The van der Waals surface area contributed by atoms with E-state index in [4.69, 9.17) is 0 Å².